The normalized spacial score (nSPS) is 46.2. The molecule has 7 atom stereocenters. The van der Waals surface area contributed by atoms with E-state index in [1.165, 1.54) is 12.5 Å². The number of ketones is 2. The molecule has 0 spiro atoms. The lowest BCUT2D eigenvalue weighted by molar-refractivity contribution is -0.174. The predicted octanol–water partition coefficient (Wildman–Crippen LogP) is 3.63. The Balaban J connectivity index is 1.64. The zero-order valence-corrected chi connectivity index (χ0v) is 18.1. The van der Waals surface area contributed by atoms with Crippen LogP contribution in [0.15, 0.2) is 11.6 Å². The van der Waals surface area contributed by atoms with Crippen LogP contribution in [0.5, 0.6) is 0 Å². The molecule has 0 aliphatic heterocycles. The van der Waals surface area contributed by atoms with Gasteiger partial charge in [-0.25, -0.2) is 0 Å². The first-order chi connectivity index (χ1) is 13.5. The van der Waals surface area contributed by atoms with Gasteiger partial charge < -0.3 is 9.84 Å². The van der Waals surface area contributed by atoms with E-state index in [4.69, 9.17) is 4.74 Å². The van der Waals surface area contributed by atoms with Gasteiger partial charge in [0.1, 0.15) is 5.60 Å². The highest BCUT2D eigenvalue weighted by atomic mass is 16.5. The van der Waals surface area contributed by atoms with E-state index in [1.54, 1.807) is 0 Å². The van der Waals surface area contributed by atoms with Crippen molar-refractivity contribution >= 4 is 17.5 Å². The van der Waals surface area contributed by atoms with Gasteiger partial charge in [0, 0.05) is 18.8 Å². The van der Waals surface area contributed by atoms with Gasteiger partial charge in [-0.3, -0.25) is 14.4 Å². The van der Waals surface area contributed by atoms with Crippen molar-refractivity contribution in [1.82, 2.24) is 0 Å². The monoisotopic (exact) mass is 402 g/mol. The van der Waals surface area contributed by atoms with E-state index in [0.29, 0.717) is 18.3 Å². The number of allylic oxidation sites excluding steroid dienone is 1. The molecule has 0 saturated heterocycles. The molecule has 160 valence electrons. The van der Waals surface area contributed by atoms with Gasteiger partial charge in [-0.1, -0.05) is 26.3 Å². The zero-order valence-electron chi connectivity index (χ0n) is 18.1. The Hall–Kier alpha value is -1.49. The van der Waals surface area contributed by atoms with E-state index < -0.39 is 17.0 Å². The first-order valence-electron chi connectivity index (χ1n) is 11.2. The summed E-state index contributed by atoms with van der Waals surface area (Å²) >= 11 is 0. The molecule has 4 rings (SSSR count). The lowest BCUT2D eigenvalue weighted by Gasteiger charge is -2.59. The minimum absolute atomic E-state index is 0.0733. The van der Waals surface area contributed by atoms with Crippen LogP contribution in [0, 0.1) is 34.5 Å². The molecule has 3 fully saturated rings. The zero-order chi connectivity index (χ0) is 21.2. The lowest BCUT2D eigenvalue weighted by atomic mass is 9.46. The molecule has 3 saturated carbocycles. The van der Waals surface area contributed by atoms with Crippen LogP contribution in [0.3, 0.4) is 0 Å². The van der Waals surface area contributed by atoms with Crippen molar-refractivity contribution in [3.63, 3.8) is 0 Å². The van der Waals surface area contributed by atoms with Crippen molar-refractivity contribution in [2.75, 3.05) is 6.61 Å². The Labute approximate surface area is 173 Å². The fourth-order valence-electron chi connectivity index (χ4n) is 7.77. The molecule has 29 heavy (non-hydrogen) atoms. The van der Waals surface area contributed by atoms with E-state index in [-0.39, 0.29) is 35.4 Å². The summed E-state index contributed by atoms with van der Waals surface area (Å²) in [6, 6.07) is 0. The lowest BCUT2D eigenvalue weighted by Crippen LogP contribution is -2.59. The van der Waals surface area contributed by atoms with Gasteiger partial charge in [0.2, 0.25) is 5.78 Å². The Bertz CT molecular complexity index is 784. The number of ether oxygens (including phenoxy) is 1. The third-order valence-electron chi connectivity index (χ3n) is 9.37. The topological polar surface area (TPSA) is 80.7 Å². The van der Waals surface area contributed by atoms with Crippen LogP contribution >= 0.6 is 0 Å². The van der Waals surface area contributed by atoms with Crippen LogP contribution in [0.1, 0.15) is 72.6 Å². The summed E-state index contributed by atoms with van der Waals surface area (Å²) < 4.78 is 4.97. The van der Waals surface area contributed by atoms with Gasteiger partial charge in [-0.05, 0) is 73.7 Å². The Morgan fingerprint density at radius 2 is 1.90 bits per heavy atom. The average Bonchev–Trinajstić information content (AvgIpc) is 2.88. The van der Waals surface area contributed by atoms with Crippen molar-refractivity contribution < 1.29 is 24.2 Å². The van der Waals surface area contributed by atoms with Crippen LogP contribution in [-0.2, 0) is 19.1 Å². The number of rotatable bonds is 3. The van der Waals surface area contributed by atoms with Gasteiger partial charge in [-0.15, -0.1) is 0 Å². The van der Waals surface area contributed by atoms with Crippen molar-refractivity contribution in [1.29, 1.82) is 0 Å². The number of Topliss-reactive ketones (excluding diaryl/α,β-unsaturated/α-hetero) is 1. The van der Waals surface area contributed by atoms with E-state index >= 15 is 0 Å². The maximum Gasteiger partial charge on any atom is 0.303 e. The Kier molecular flexibility index (Phi) is 4.84. The number of fused-ring (bicyclic) bond motifs is 5. The molecule has 0 amide bonds. The van der Waals surface area contributed by atoms with E-state index in [9.17, 15) is 19.5 Å². The van der Waals surface area contributed by atoms with Crippen molar-refractivity contribution in [3.8, 4) is 0 Å². The van der Waals surface area contributed by atoms with Crippen LogP contribution in [-0.4, -0.2) is 34.9 Å². The number of esters is 1. The molecule has 0 heterocycles. The first kappa shape index (κ1) is 20.8. The first-order valence-corrected chi connectivity index (χ1v) is 11.2. The Morgan fingerprint density at radius 1 is 1.17 bits per heavy atom. The Morgan fingerprint density at radius 3 is 2.59 bits per heavy atom. The second-order valence-electron chi connectivity index (χ2n) is 10.5. The van der Waals surface area contributed by atoms with Crippen molar-refractivity contribution in [2.24, 2.45) is 34.5 Å². The molecule has 0 aromatic carbocycles. The SMILES string of the molecule is CC(=O)OCC(=O)[C@@]1(O)[C@@H](C)C[C@H]2[C@@H]3CCC4=CC(=O)CC[C@]4(C)[C@H]3CC[C@@]21C. The molecule has 0 aromatic heterocycles. The minimum atomic E-state index is -1.45. The standard InChI is InChI=1S/C24H34O5/c1-14-11-20-18-6-5-16-12-17(26)7-9-22(16,3)19(18)8-10-23(20,4)24(14,28)21(27)13-29-15(2)25/h12,14,18-20,28H,5-11,13H2,1-4H3/t14-,18+,19-,20-,22-,23-,24-/m0/s1. The molecule has 0 unspecified atom stereocenters. The van der Waals surface area contributed by atoms with Gasteiger partial charge in [0.25, 0.3) is 0 Å². The molecule has 0 radical (unpaired) electrons. The maximum absolute atomic E-state index is 13.1. The summed E-state index contributed by atoms with van der Waals surface area (Å²) in [5.74, 6) is 0.500. The molecule has 1 N–H and O–H groups in total. The summed E-state index contributed by atoms with van der Waals surface area (Å²) in [7, 11) is 0. The summed E-state index contributed by atoms with van der Waals surface area (Å²) in [6.45, 7) is 7.33. The highest BCUT2D eigenvalue weighted by molar-refractivity contribution is 5.92. The smallest absolute Gasteiger partial charge is 0.303 e. The van der Waals surface area contributed by atoms with E-state index in [2.05, 4.69) is 13.8 Å². The molecule has 4 aliphatic rings. The highest BCUT2D eigenvalue weighted by Crippen LogP contribution is 2.68. The summed E-state index contributed by atoms with van der Waals surface area (Å²) in [4.78, 5) is 36.2. The van der Waals surface area contributed by atoms with E-state index in [0.717, 1.165) is 38.5 Å². The number of hydrogen-bond donors (Lipinski definition) is 1. The van der Waals surface area contributed by atoms with Gasteiger partial charge >= 0.3 is 5.97 Å². The number of aliphatic hydroxyl groups is 1. The molecule has 0 aromatic rings. The molecule has 5 heteroatoms. The highest BCUT2D eigenvalue weighted by Gasteiger charge is 2.68. The number of carbonyl (C=O) groups is 3. The molecular weight excluding hydrogens is 368 g/mol. The second-order valence-corrected chi connectivity index (χ2v) is 10.5. The third kappa shape index (κ3) is 2.79. The van der Waals surface area contributed by atoms with Gasteiger partial charge in [0.05, 0.1) is 0 Å². The van der Waals surface area contributed by atoms with Gasteiger partial charge in [0.15, 0.2) is 12.4 Å². The molecule has 4 aliphatic carbocycles. The fourth-order valence-corrected chi connectivity index (χ4v) is 7.77. The minimum Gasteiger partial charge on any atom is -0.458 e. The predicted molar refractivity (Wildman–Crippen MR) is 108 cm³/mol. The van der Waals surface area contributed by atoms with Crippen LogP contribution in [0.2, 0.25) is 0 Å². The molecular formula is C24H34O5. The fraction of sp³-hybridized carbons (Fsp3) is 0.792. The van der Waals surface area contributed by atoms with Crippen LogP contribution in [0.25, 0.3) is 0 Å². The number of hydrogen-bond acceptors (Lipinski definition) is 5. The van der Waals surface area contributed by atoms with E-state index in [1.807, 2.05) is 13.0 Å². The van der Waals surface area contributed by atoms with Crippen molar-refractivity contribution in [3.05, 3.63) is 11.6 Å². The summed E-state index contributed by atoms with van der Waals surface area (Å²) in [5, 5.41) is 11.7. The third-order valence-corrected chi connectivity index (χ3v) is 9.37. The average molecular weight is 403 g/mol. The van der Waals surface area contributed by atoms with Crippen LogP contribution in [0.4, 0.5) is 0 Å². The quantitative estimate of drug-likeness (QED) is 0.729. The van der Waals surface area contributed by atoms with Gasteiger partial charge in [-0.2, -0.15) is 0 Å². The largest absolute Gasteiger partial charge is 0.458 e. The second kappa shape index (κ2) is 6.76. The summed E-state index contributed by atoms with van der Waals surface area (Å²) in [6.07, 6.45) is 8.03. The van der Waals surface area contributed by atoms with Crippen LogP contribution < -0.4 is 0 Å². The van der Waals surface area contributed by atoms with Crippen molar-refractivity contribution in [2.45, 2.75) is 78.2 Å². The molecule has 5 nitrogen and oxygen atoms in total. The maximum atomic E-state index is 13.1. The number of carbonyl (C=O) groups excluding carboxylic acids is 3. The summed E-state index contributed by atoms with van der Waals surface area (Å²) in [5.41, 5.74) is -0.542. The molecule has 0 bridgehead atoms.